The van der Waals surface area contributed by atoms with E-state index in [1.165, 1.54) is 44.6 Å². The molecule has 0 saturated heterocycles. The summed E-state index contributed by atoms with van der Waals surface area (Å²) in [5.74, 6) is 0.966. The van der Waals surface area contributed by atoms with E-state index in [2.05, 4.69) is 25.9 Å². The van der Waals surface area contributed by atoms with Crippen LogP contribution in [0.1, 0.15) is 0 Å². The standard InChI is InChI=1S/C26H29Cl2N7O4/c1-34(2)12-8-11-22(36)32-17-10-7-6-9-16(17)31-20-14-21(30-15-29-20)35(3)26(37)33-25-23(27)18(38-4)13-19(39-5)24(25)28/h6-11,13-15H,12H2,1-5H3,(H,32,36)(H,33,37)(H,29,30,31)/b11-8+. The van der Waals surface area contributed by atoms with Gasteiger partial charge in [-0.2, -0.15) is 0 Å². The van der Waals surface area contributed by atoms with Crippen LogP contribution in [-0.4, -0.2) is 68.7 Å². The van der Waals surface area contributed by atoms with E-state index in [0.29, 0.717) is 23.7 Å². The zero-order valence-corrected chi connectivity index (χ0v) is 23.6. The van der Waals surface area contributed by atoms with Crippen molar-refractivity contribution in [2.45, 2.75) is 0 Å². The fraction of sp³-hybridized carbons (Fsp3) is 0.231. The SMILES string of the molecule is COc1cc(OC)c(Cl)c(NC(=O)N(C)c2cc(Nc3ccccc3NC(=O)/C=C/CN(C)C)ncn2)c1Cl. The number of carbonyl (C=O) groups is 2. The fourth-order valence-electron chi connectivity index (χ4n) is 3.27. The summed E-state index contributed by atoms with van der Waals surface area (Å²) in [5, 5.41) is 8.91. The zero-order valence-electron chi connectivity index (χ0n) is 22.1. The number of anilines is 5. The van der Waals surface area contributed by atoms with Crippen molar-refractivity contribution in [2.24, 2.45) is 0 Å². The first-order valence-corrected chi connectivity index (χ1v) is 12.3. The maximum Gasteiger partial charge on any atom is 0.327 e. The van der Waals surface area contributed by atoms with Gasteiger partial charge in [-0.05, 0) is 26.2 Å². The zero-order chi connectivity index (χ0) is 28.5. The van der Waals surface area contributed by atoms with E-state index >= 15 is 0 Å². The van der Waals surface area contributed by atoms with Crippen LogP contribution in [0, 0.1) is 0 Å². The largest absolute Gasteiger partial charge is 0.495 e. The van der Waals surface area contributed by atoms with Gasteiger partial charge >= 0.3 is 6.03 Å². The molecule has 39 heavy (non-hydrogen) atoms. The van der Waals surface area contributed by atoms with E-state index in [1.807, 2.05) is 25.1 Å². The highest BCUT2D eigenvalue weighted by Crippen LogP contribution is 2.44. The van der Waals surface area contributed by atoms with Gasteiger partial charge in [0.1, 0.15) is 39.5 Å². The average molecular weight is 574 g/mol. The number of aromatic nitrogens is 2. The van der Waals surface area contributed by atoms with Crippen LogP contribution in [0.2, 0.25) is 10.0 Å². The van der Waals surface area contributed by atoms with Gasteiger partial charge in [-0.25, -0.2) is 14.8 Å². The Morgan fingerprint density at radius 2 is 1.59 bits per heavy atom. The van der Waals surface area contributed by atoms with Crippen molar-refractivity contribution >= 4 is 63.8 Å². The molecule has 0 spiro atoms. The molecule has 1 aromatic heterocycles. The summed E-state index contributed by atoms with van der Waals surface area (Å²) in [6.45, 7) is 0.641. The molecule has 3 amide bonds. The maximum absolute atomic E-state index is 13.1. The average Bonchev–Trinajstić information content (AvgIpc) is 2.91. The second kappa shape index (κ2) is 13.7. The second-order valence-electron chi connectivity index (χ2n) is 8.36. The van der Waals surface area contributed by atoms with Gasteiger partial charge in [0.05, 0.1) is 31.3 Å². The van der Waals surface area contributed by atoms with Crippen LogP contribution < -0.4 is 30.3 Å². The van der Waals surface area contributed by atoms with Crippen molar-refractivity contribution in [2.75, 3.05) is 62.8 Å². The van der Waals surface area contributed by atoms with Crippen LogP contribution in [0.3, 0.4) is 0 Å². The molecule has 0 aliphatic carbocycles. The molecule has 0 atom stereocenters. The van der Waals surface area contributed by atoms with E-state index in [1.54, 1.807) is 30.3 Å². The summed E-state index contributed by atoms with van der Waals surface area (Å²) in [7, 11) is 8.23. The number of para-hydroxylation sites is 2. The first-order chi connectivity index (χ1) is 18.6. The molecule has 0 bridgehead atoms. The monoisotopic (exact) mass is 573 g/mol. The molecule has 3 aromatic rings. The Kier molecular flexibility index (Phi) is 10.3. The number of nitrogens with one attached hydrogen (secondary N) is 3. The highest BCUT2D eigenvalue weighted by Gasteiger charge is 2.22. The van der Waals surface area contributed by atoms with Crippen LogP contribution in [0.15, 0.2) is 54.9 Å². The number of halogens is 2. The molecule has 0 aliphatic heterocycles. The highest BCUT2D eigenvalue weighted by atomic mass is 35.5. The Morgan fingerprint density at radius 3 is 2.21 bits per heavy atom. The molecule has 3 N–H and O–H groups in total. The van der Waals surface area contributed by atoms with Crippen molar-refractivity contribution in [1.82, 2.24) is 14.9 Å². The van der Waals surface area contributed by atoms with Gasteiger partial charge in [-0.3, -0.25) is 9.69 Å². The predicted molar refractivity (Wildman–Crippen MR) is 155 cm³/mol. The van der Waals surface area contributed by atoms with Crippen molar-refractivity contribution < 1.29 is 19.1 Å². The van der Waals surface area contributed by atoms with E-state index in [0.717, 1.165) is 0 Å². The van der Waals surface area contributed by atoms with Gasteiger partial charge in [0.2, 0.25) is 5.91 Å². The van der Waals surface area contributed by atoms with E-state index < -0.39 is 6.03 Å². The van der Waals surface area contributed by atoms with Gasteiger partial charge < -0.3 is 30.3 Å². The molecular formula is C26H29Cl2N7O4. The van der Waals surface area contributed by atoms with Crippen molar-refractivity contribution in [3.05, 3.63) is 64.9 Å². The van der Waals surface area contributed by atoms with E-state index in [9.17, 15) is 9.59 Å². The lowest BCUT2D eigenvalue weighted by Gasteiger charge is -2.20. The number of hydrogen-bond acceptors (Lipinski definition) is 8. The van der Waals surface area contributed by atoms with E-state index in [4.69, 9.17) is 32.7 Å². The minimum absolute atomic E-state index is 0.116. The molecule has 0 fully saturated rings. The molecule has 0 unspecified atom stereocenters. The lowest BCUT2D eigenvalue weighted by atomic mass is 10.2. The Morgan fingerprint density at radius 1 is 0.949 bits per heavy atom. The summed E-state index contributed by atoms with van der Waals surface area (Å²) < 4.78 is 10.5. The summed E-state index contributed by atoms with van der Waals surface area (Å²) >= 11 is 12.8. The van der Waals surface area contributed by atoms with Crippen LogP contribution >= 0.6 is 23.2 Å². The molecule has 1 heterocycles. The van der Waals surface area contributed by atoms with Crippen LogP contribution in [0.5, 0.6) is 11.5 Å². The number of carbonyl (C=O) groups excluding carboxylic acids is 2. The minimum Gasteiger partial charge on any atom is -0.495 e. The number of nitrogens with zero attached hydrogens (tertiary/aromatic N) is 4. The number of ether oxygens (including phenoxy) is 2. The number of hydrogen-bond donors (Lipinski definition) is 3. The van der Waals surface area contributed by atoms with Gasteiger partial charge in [-0.15, -0.1) is 0 Å². The third kappa shape index (κ3) is 7.73. The summed E-state index contributed by atoms with van der Waals surface area (Å²) in [5.41, 5.74) is 1.29. The topological polar surface area (TPSA) is 121 Å². The number of benzene rings is 2. The number of methoxy groups -OCH3 is 2. The molecule has 11 nitrogen and oxygen atoms in total. The summed E-state index contributed by atoms with van der Waals surface area (Å²) in [6, 6.07) is 9.69. The third-order valence-electron chi connectivity index (χ3n) is 5.29. The lowest BCUT2D eigenvalue weighted by Crippen LogP contribution is -2.32. The lowest BCUT2D eigenvalue weighted by molar-refractivity contribution is -0.111. The predicted octanol–water partition coefficient (Wildman–Crippen LogP) is 5.27. The normalized spacial score (nSPS) is 10.9. The number of likely N-dealkylation sites (N-methyl/N-ethyl adjacent to an activating group) is 1. The molecule has 0 radical (unpaired) electrons. The Balaban J connectivity index is 1.77. The molecule has 2 aromatic carbocycles. The Bertz CT molecular complexity index is 1340. The van der Waals surface area contributed by atoms with Crippen molar-refractivity contribution in [1.29, 1.82) is 0 Å². The minimum atomic E-state index is -0.573. The molecule has 206 valence electrons. The number of rotatable bonds is 10. The van der Waals surface area contributed by atoms with Crippen LogP contribution in [0.4, 0.5) is 33.5 Å². The van der Waals surface area contributed by atoms with Gasteiger partial charge in [0.15, 0.2) is 0 Å². The molecule has 3 rings (SSSR count). The first kappa shape index (κ1) is 29.5. The van der Waals surface area contributed by atoms with Crippen LogP contribution in [0.25, 0.3) is 0 Å². The first-order valence-electron chi connectivity index (χ1n) is 11.6. The molecular weight excluding hydrogens is 545 g/mol. The number of amides is 3. The van der Waals surface area contributed by atoms with Crippen molar-refractivity contribution in [3.63, 3.8) is 0 Å². The molecule has 0 aliphatic rings. The highest BCUT2D eigenvalue weighted by molar-refractivity contribution is 6.41. The fourth-order valence-corrected chi connectivity index (χ4v) is 3.87. The summed E-state index contributed by atoms with van der Waals surface area (Å²) in [4.78, 5) is 37.0. The van der Waals surface area contributed by atoms with Gasteiger partial charge in [-0.1, -0.05) is 41.4 Å². The van der Waals surface area contributed by atoms with Gasteiger partial charge in [0.25, 0.3) is 0 Å². The molecule has 0 saturated carbocycles. The van der Waals surface area contributed by atoms with Gasteiger partial charge in [0, 0.05) is 31.8 Å². The summed E-state index contributed by atoms with van der Waals surface area (Å²) in [6.07, 6.45) is 4.55. The van der Waals surface area contributed by atoms with Crippen molar-refractivity contribution in [3.8, 4) is 11.5 Å². The quantitative estimate of drug-likeness (QED) is 0.280. The van der Waals surface area contributed by atoms with Crippen LogP contribution in [-0.2, 0) is 4.79 Å². The Hall–Kier alpha value is -4.06. The third-order valence-corrected chi connectivity index (χ3v) is 6.04. The molecule has 13 heteroatoms. The smallest absolute Gasteiger partial charge is 0.327 e. The number of urea groups is 1. The second-order valence-corrected chi connectivity index (χ2v) is 9.12. The Labute approximate surface area is 236 Å². The maximum atomic E-state index is 13.1. The van der Waals surface area contributed by atoms with E-state index in [-0.39, 0.29) is 39.0 Å².